The van der Waals surface area contributed by atoms with E-state index in [1.54, 1.807) is 18.4 Å². The average Bonchev–Trinajstić information content (AvgIpc) is 3.04. The van der Waals surface area contributed by atoms with Crippen molar-refractivity contribution in [1.29, 1.82) is 0 Å². The van der Waals surface area contributed by atoms with Crippen molar-refractivity contribution in [3.05, 3.63) is 53.0 Å². The number of furan rings is 1. The second-order valence-electron chi connectivity index (χ2n) is 8.47. The second-order valence-corrected chi connectivity index (χ2v) is 13.2. The standard InChI is InChI=1S/C21H32O4Si/c1-15-11-17(13-23-14-18(22)19-9-8-10-24-19)12-16(2)20(15)25-26(6,7)21(3,4)5/h8-12,18,22H,13-14H2,1-7H3. The molecule has 26 heavy (non-hydrogen) atoms. The van der Waals surface area contributed by atoms with E-state index in [1.165, 1.54) is 0 Å². The molecule has 0 fully saturated rings. The van der Waals surface area contributed by atoms with Crippen molar-refractivity contribution in [1.82, 2.24) is 0 Å². The van der Waals surface area contributed by atoms with E-state index >= 15 is 0 Å². The predicted octanol–water partition coefficient (Wildman–Crippen LogP) is 5.53. The third-order valence-corrected chi connectivity index (χ3v) is 9.43. The van der Waals surface area contributed by atoms with E-state index in [-0.39, 0.29) is 11.6 Å². The van der Waals surface area contributed by atoms with Crippen LogP contribution >= 0.6 is 0 Å². The summed E-state index contributed by atoms with van der Waals surface area (Å²) in [5.74, 6) is 1.52. The molecule has 0 aliphatic heterocycles. The molecule has 1 aromatic heterocycles. The maximum Gasteiger partial charge on any atom is 0.250 e. The van der Waals surface area contributed by atoms with Crippen molar-refractivity contribution >= 4 is 8.32 Å². The van der Waals surface area contributed by atoms with Crippen LogP contribution in [0.3, 0.4) is 0 Å². The molecule has 4 nitrogen and oxygen atoms in total. The van der Waals surface area contributed by atoms with Gasteiger partial charge in [-0.2, -0.15) is 0 Å². The smallest absolute Gasteiger partial charge is 0.250 e. The first-order valence-electron chi connectivity index (χ1n) is 9.09. The Morgan fingerprint density at radius 3 is 2.27 bits per heavy atom. The zero-order valence-electron chi connectivity index (χ0n) is 17.1. The zero-order chi connectivity index (χ0) is 19.5. The third-order valence-electron chi connectivity index (χ3n) is 5.10. The number of aliphatic hydroxyl groups is 1. The summed E-state index contributed by atoms with van der Waals surface area (Å²) in [5.41, 5.74) is 3.33. The van der Waals surface area contributed by atoms with Gasteiger partial charge >= 0.3 is 0 Å². The Labute approximate surface area is 158 Å². The molecule has 144 valence electrons. The van der Waals surface area contributed by atoms with Gasteiger partial charge in [0.1, 0.15) is 17.6 Å². The Hall–Kier alpha value is -1.56. The summed E-state index contributed by atoms with van der Waals surface area (Å²) in [6.45, 7) is 16.1. The number of aliphatic hydroxyl groups excluding tert-OH is 1. The minimum atomic E-state index is -1.87. The van der Waals surface area contributed by atoms with Gasteiger partial charge in [-0.15, -0.1) is 0 Å². The molecule has 0 saturated carbocycles. The predicted molar refractivity (Wildman–Crippen MR) is 107 cm³/mol. The Kier molecular flexibility index (Phi) is 6.37. The fourth-order valence-corrected chi connectivity index (χ4v) is 3.68. The number of aryl methyl sites for hydroxylation is 2. The normalized spacial score (nSPS) is 13.7. The number of hydrogen-bond acceptors (Lipinski definition) is 4. The average molecular weight is 377 g/mol. The molecule has 2 aromatic rings. The Morgan fingerprint density at radius 1 is 1.15 bits per heavy atom. The van der Waals surface area contributed by atoms with Gasteiger partial charge in [0.15, 0.2) is 0 Å². The van der Waals surface area contributed by atoms with Gasteiger partial charge < -0.3 is 18.7 Å². The molecular formula is C21H32O4Si. The van der Waals surface area contributed by atoms with E-state index in [0.29, 0.717) is 12.4 Å². The SMILES string of the molecule is Cc1cc(COCC(O)c2ccco2)cc(C)c1O[Si](C)(C)C(C)(C)C. The molecule has 0 amide bonds. The largest absolute Gasteiger partial charge is 0.543 e. The van der Waals surface area contributed by atoms with Crippen LogP contribution in [0, 0.1) is 13.8 Å². The lowest BCUT2D eigenvalue weighted by Crippen LogP contribution is -2.44. The Bertz CT molecular complexity index is 691. The minimum absolute atomic E-state index is 0.162. The molecule has 1 heterocycles. The summed E-state index contributed by atoms with van der Waals surface area (Å²) in [6, 6.07) is 7.71. The van der Waals surface area contributed by atoms with E-state index < -0.39 is 14.4 Å². The van der Waals surface area contributed by atoms with Crippen LogP contribution in [-0.2, 0) is 11.3 Å². The van der Waals surface area contributed by atoms with Crippen LogP contribution in [0.4, 0.5) is 0 Å². The van der Waals surface area contributed by atoms with Crippen LogP contribution in [0.25, 0.3) is 0 Å². The number of ether oxygens (including phenoxy) is 1. The van der Waals surface area contributed by atoms with Crippen molar-refractivity contribution in [3.63, 3.8) is 0 Å². The maximum absolute atomic E-state index is 10.0. The van der Waals surface area contributed by atoms with Crippen molar-refractivity contribution < 1.29 is 18.7 Å². The van der Waals surface area contributed by atoms with Gasteiger partial charge in [-0.25, -0.2) is 0 Å². The highest BCUT2D eigenvalue weighted by Crippen LogP contribution is 2.39. The van der Waals surface area contributed by atoms with E-state index in [0.717, 1.165) is 22.4 Å². The fraction of sp³-hybridized carbons (Fsp3) is 0.524. The summed E-state index contributed by atoms with van der Waals surface area (Å²) in [4.78, 5) is 0. The first kappa shape index (κ1) is 20.7. The lowest BCUT2D eigenvalue weighted by Gasteiger charge is -2.37. The van der Waals surface area contributed by atoms with Gasteiger partial charge in [-0.05, 0) is 60.8 Å². The lowest BCUT2D eigenvalue weighted by molar-refractivity contribution is 0.0173. The molecule has 1 aromatic carbocycles. The lowest BCUT2D eigenvalue weighted by atomic mass is 10.1. The quantitative estimate of drug-likeness (QED) is 0.645. The van der Waals surface area contributed by atoms with Gasteiger partial charge in [-0.1, -0.05) is 32.9 Å². The summed E-state index contributed by atoms with van der Waals surface area (Å²) in [5, 5.41) is 10.2. The highest BCUT2D eigenvalue weighted by Gasteiger charge is 2.39. The second kappa shape index (κ2) is 7.99. The van der Waals surface area contributed by atoms with Crippen molar-refractivity contribution in [2.45, 2.75) is 65.5 Å². The topological polar surface area (TPSA) is 51.8 Å². The van der Waals surface area contributed by atoms with Crippen LogP contribution in [0.1, 0.15) is 49.3 Å². The molecule has 0 bridgehead atoms. The van der Waals surface area contributed by atoms with Gasteiger partial charge in [0.05, 0.1) is 19.5 Å². The van der Waals surface area contributed by atoms with Gasteiger partial charge in [0, 0.05) is 0 Å². The summed E-state index contributed by atoms with van der Waals surface area (Å²) in [6.07, 6.45) is 0.806. The van der Waals surface area contributed by atoms with Crippen molar-refractivity contribution in [2.75, 3.05) is 6.61 Å². The van der Waals surface area contributed by atoms with Crippen LogP contribution in [0.15, 0.2) is 34.9 Å². The molecule has 5 heteroatoms. The molecule has 1 unspecified atom stereocenters. The molecule has 1 N–H and O–H groups in total. The highest BCUT2D eigenvalue weighted by molar-refractivity contribution is 6.74. The Morgan fingerprint density at radius 2 is 1.77 bits per heavy atom. The minimum Gasteiger partial charge on any atom is -0.543 e. The first-order valence-corrected chi connectivity index (χ1v) is 12.0. The summed E-state index contributed by atoms with van der Waals surface area (Å²) >= 11 is 0. The zero-order valence-corrected chi connectivity index (χ0v) is 18.1. The molecule has 0 radical (unpaired) electrons. The third kappa shape index (κ3) is 4.99. The van der Waals surface area contributed by atoms with E-state index in [1.807, 2.05) is 0 Å². The van der Waals surface area contributed by atoms with Crippen LogP contribution < -0.4 is 4.43 Å². The number of hydrogen-bond donors (Lipinski definition) is 1. The first-order chi connectivity index (χ1) is 12.0. The fourth-order valence-electron chi connectivity index (χ4n) is 2.54. The molecule has 0 aliphatic rings. The molecule has 0 spiro atoms. The van der Waals surface area contributed by atoms with Crippen molar-refractivity contribution in [3.8, 4) is 5.75 Å². The molecule has 2 rings (SSSR count). The van der Waals surface area contributed by atoms with Crippen LogP contribution in [0.5, 0.6) is 5.75 Å². The van der Waals surface area contributed by atoms with Gasteiger partial charge in [-0.3, -0.25) is 0 Å². The van der Waals surface area contributed by atoms with Crippen LogP contribution in [0.2, 0.25) is 18.1 Å². The number of benzene rings is 1. The molecule has 0 saturated heterocycles. The monoisotopic (exact) mass is 376 g/mol. The van der Waals surface area contributed by atoms with Crippen molar-refractivity contribution in [2.24, 2.45) is 0 Å². The van der Waals surface area contributed by atoms with Crippen LogP contribution in [-0.4, -0.2) is 20.0 Å². The molecule has 0 aliphatic carbocycles. The highest BCUT2D eigenvalue weighted by atomic mass is 28.4. The Balaban J connectivity index is 2.02. The summed E-state index contributed by atoms with van der Waals surface area (Å²) < 4.78 is 17.4. The molecular weight excluding hydrogens is 344 g/mol. The van der Waals surface area contributed by atoms with E-state index in [2.05, 4.69) is 59.8 Å². The molecule has 1 atom stereocenters. The number of rotatable bonds is 7. The van der Waals surface area contributed by atoms with E-state index in [4.69, 9.17) is 13.6 Å². The van der Waals surface area contributed by atoms with Gasteiger partial charge in [0.25, 0.3) is 8.32 Å². The maximum atomic E-state index is 10.0. The van der Waals surface area contributed by atoms with E-state index in [9.17, 15) is 5.11 Å². The summed E-state index contributed by atoms with van der Waals surface area (Å²) in [7, 11) is -1.87. The van der Waals surface area contributed by atoms with Gasteiger partial charge in [0.2, 0.25) is 0 Å².